The maximum absolute atomic E-state index is 12.5. The second kappa shape index (κ2) is 5.76. The van der Waals surface area contributed by atoms with Crippen LogP contribution in [0.3, 0.4) is 0 Å². The molecule has 1 atom stereocenters. The molecule has 0 bridgehead atoms. The molecule has 0 aliphatic heterocycles. The number of hydrogen-bond donors (Lipinski definition) is 1. The first-order chi connectivity index (χ1) is 10.3. The zero-order chi connectivity index (χ0) is 14.7. The summed E-state index contributed by atoms with van der Waals surface area (Å²) in [4.78, 5) is 16.6. The number of pyridine rings is 1. The molecule has 1 N–H and O–H groups in total. The van der Waals surface area contributed by atoms with Gasteiger partial charge in [-0.25, -0.2) is 4.98 Å². The highest BCUT2D eigenvalue weighted by Crippen LogP contribution is 2.32. The average molecular weight is 277 g/mol. The van der Waals surface area contributed by atoms with E-state index in [1.807, 2.05) is 24.3 Å². The van der Waals surface area contributed by atoms with Crippen molar-refractivity contribution in [2.45, 2.75) is 25.2 Å². The van der Waals surface area contributed by atoms with Gasteiger partial charge in [0.2, 0.25) is 5.91 Å². The fourth-order valence-corrected chi connectivity index (χ4v) is 2.77. The summed E-state index contributed by atoms with van der Waals surface area (Å²) in [6.07, 6.45) is 4.38. The Labute approximate surface area is 123 Å². The van der Waals surface area contributed by atoms with Gasteiger partial charge in [0.25, 0.3) is 0 Å². The van der Waals surface area contributed by atoms with Gasteiger partial charge in [0.1, 0.15) is 11.9 Å². The monoisotopic (exact) mass is 277 g/mol. The lowest BCUT2D eigenvalue weighted by molar-refractivity contribution is -0.117. The molecule has 1 amide bonds. The lowest BCUT2D eigenvalue weighted by Crippen LogP contribution is -2.25. The number of aromatic nitrogens is 1. The Kier molecular flexibility index (Phi) is 3.65. The Hall–Kier alpha value is -2.67. The molecule has 1 heterocycles. The molecular formula is C17H15N3O. The summed E-state index contributed by atoms with van der Waals surface area (Å²) in [5, 5.41) is 11.6. The van der Waals surface area contributed by atoms with Crippen LogP contribution in [0.5, 0.6) is 0 Å². The maximum atomic E-state index is 12.5. The average Bonchev–Trinajstić information content (AvgIpc) is 2.55. The lowest BCUT2D eigenvalue weighted by Gasteiger charge is -2.24. The molecule has 4 heteroatoms. The Morgan fingerprint density at radius 3 is 2.90 bits per heavy atom. The predicted octanol–water partition coefficient (Wildman–Crippen LogP) is 3.01. The van der Waals surface area contributed by atoms with Gasteiger partial charge in [-0.1, -0.05) is 24.3 Å². The van der Waals surface area contributed by atoms with Crippen LogP contribution in [0.1, 0.15) is 35.4 Å². The summed E-state index contributed by atoms with van der Waals surface area (Å²) < 4.78 is 0. The Balaban J connectivity index is 1.78. The van der Waals surface area contributed by atoms with Crippen LogP contribution >= 0.6 is 0 Å². The van der Waals surface area contributed by atoms with Gasteiger partial charge in [-0.15, -0.1) is 0 Å². The number of fused-ring (bicyclic) bond motifs is 1. The van der Waals surface area contributed by atoms with Crippen LogP contribution in [-0.2, 0) is 11.2 Å². The van der Waals surface area contributed by atoms with Gasteiger partial charge in [-0.3, -0.25) is 4.79 Å². The molecule has 1 aromatic carbocycles. The molecule has 0 saturated heterocycles. The van der Waals surface area contributed by atoms with E-state index in [0.29, 0.717) is 11.4 Å². The molecule has 21 heavy (non-hydrogen) atoms. The number of nitrogens with zero attached hydrogens (tertiary/aromatic N) is 2. The molecule has 2 aromatic rings. The van der Waals surface area contributed by atoms with Crippen molar-refractivity contribution < 1.29 is 4.79 Å². The van der Waals surface area contributed by atoms with E-state index in [1.54, 1.807) is 12.1 Å². The fourth-order valence-electron chi connectivity index (χ4n) is 2.77. The molecular weight excluding hydrogens is 262 g/mol. The van der Waals surface area contributed by atoms with E-state index < -0.39 is 0 Å². The van der Waals surface area contributed by atoms with Crippen molar-refractivity contribution in [1.29, 1.82) is 5.26 Å². The Bertz CT molecular complexity index is 701. The minimum Gasteiger partial charge on any atom is -0.310 e. The largest absolute Gasteiger partial charge is 0.310 e. The standard InChI is InChI=1S/C17H15N3O/c18-10-12-8-9-16(19-11-12)20-17(21)15-7-3-5-13-4-1-2-6-14(13)15/h1-2,4,6,8-9,11,15H,3,5,7H2,(H,19,20,21). The number of anilines is 1. The zero-order valence-corrected chi connectivity index (χ0v) is 11.5. The molecule has 1 aliphatic carbocycles. The molecule has 4 nitrogen and oxygen atoms in total. The minimum absolute atomic E-state index is 0.0284. The predicted molar refractivity (Wildman–Crippen MR) is 79.7 cm³/mol. The van der Waals surface area contributed by atoms with Crippen molar-refractivity contribution in [3.05, 3.63) is 59.3 Å². The topological polar surface area (TPSA) is 65.8 Å². The third-order valence-corrected chi connectivity index (χ3v) is 3.83. The number of aryl methyl sites for hydroxylation is 1. The maximum Gasteiger partial charge on any atom is 0.233 e. The van der Waals surface area contributed by atoms with Gasteiger partial charge in [0, 0.05) is 6.20 Å². The minimum atomic E-state index is -0.118. The SMILES string of the molecule is N#Cc1ccc(NC(=O)C2CCCc3ccccc32)nc1. The van der Waals surface area contributed by atoms with Crippen molar-refractivity contribution >= 4 is 11.7 Å². The molecule has 0 saturated carbocycles. The molecule has 3 rings (SSSR count). The number of nitrogens with one attached hydrogen (secondary N) is 1. The summed E-state index contributed by atoms with van der Waals surface area (Å²) in [5.41, 5.74) is 2.86. The molecule has 1 aromatic heterocycles. The lowest BCUT2D eigenvalue weighted by atomic mass is 9.82. The second-order valence-corrected chi connectivity index (χ2v) is 5.18. The van der Waals surface area contributed by atoms with E-state index >= 15 is 0 Å². The molecule has 1 unspecified atom stereocenters. The summed E-state index contributed by atoms with van der Waals surface area (Å²) in [6.45, 7) is 0. The van der Waals surface area contributed by atoms with Crippen molar-refractivity contribution in [3.8, 4) is 6.07 Å². The first kappa shape index (κ1) is 13.3. The van der Waals surface area contributed by atoms with Gasteiger partial charge in [-0.05, 0) is 42.5 Å². The number of carbonyl (C=O) groups excluding carboxylic acids is 1. The van der Waals surface area contributed by atoms with Crippen LogP contribution < -0.4 is 5.32 Å². The van der Waals surface area contributed by atoms with E-state index in [4.69, 9.17) is 5.26 Å². The van der Waals surface area contributed by atoms with Gasteiger partial charge in [0.15, 0.2) is 0 Å². The zero-order valence-electron chi connectivity index (χ0n) is 11.5. The third-order valence-electron chi connectivity index (χ3n) is 3.83. The van der Waals surface area contributed by atoms with Crippen LogP contribution in [0.2, 0.25) is 0 Å². The fraction of sp³-hybridized carbons (Fsp3) is 0.235. The van der Waals surface area contributed by atoms with Crippen LogP contribution in [0.15, 0.2) is 42.6 Å². The highest BCUT2D eigenvalue weighted by molar-refractivity contribution is 5.95. The van der Waals surface area contributed by atoms with Crippen molar-refractivity contribution in [2.75, 3.05) is 5.32 Å². The van der Waals surface area contributed by atoms with Gasteiger partial charge < -0.3 is 5.32 Å². The molecule has 104 valence electrons. The number of benzene rings is 1. The Morgan fingerprint density at radius 1 is 1.29 bits per heavy atom. The number of rotatable bonds is 2. The summed E-state index contributed by atoms with van der Waals surface area (Å²) in [6, 6.07) is 13.4. The van der Waals surface area contributed by atoms with E-state index in [2.05, 4.69) is 16.4 Å². The van der Waals surface area contributed by atoms with Crippen molar-refractivity contribution in [2.24, 2.45) is 0 Å². The van der Waals surface area contributed by atoms with Crippen LogP contribution in [0.4, 0.5) is 5.82 Å². The molecule has 0 fully saturated rings. The first-order valence-corrected chi connectivity index (χ1v) is 7.03. The second-order valence-electron chi connectivity index (χ2n) is 5.18. The molecule has 0 radical (unpaired) electrons. The van der Waals surface area contributed by atoms with Gasteiger partial charge in [-0.2, -0.15) is 5.26 Å². The number of amides is 1. The number of carbonyl (C=O) groups is 1. The number of nitriles is 1. The van der Waals surface area contributed by atoms with E-state index in [-0.39, 0.29) is 11.8 Å². The summed E-state index contributed by atoms with van der Waals surface area (Å²) >= 11 is 0. The summed E-state index contributed by atoms with van der Waals surface area (Å²) in [5.74, 6) is 0.341. The van der Waals surface area contributed by atoms with Crippen molar-refractivity contribution in [1.82, 2.24) is 4.98 Å². The number of hydrogen-bond acceptors (Lipinski definition) is 3. The van der Waals surface area contributed by atoms with Crippen molar-refractivity contribution in [3.63, 3.8) is 0 Å². The molecule has 0 spiro atoms. The smallest absolute Gasteiger partial charge is 0.233 e. The normalized spacial score (nSPS) is 16.6. The quantitative estimate of drug-likeness (QED) is 0.917. The van der Waals surface area contributed by atoms with Gasteiger partial charge in [0.05, 0.1) is 11.5 Å². The Morgan fingerprint density at radius 2 is 2.14 bits per heavy atom. The first-order valence-electron chi connectivity index (χ1n) is 7.03. The van der Waals surface area contributed by atoms with Gasteiger partial charge >= 0.3 is 0 Å². The third kappa shape index (κ3) is 2.77. The van der Waals surface area contributed by atoms with Crippen LogP contribution in [0.25, 0.3) is 0 Å². The van der Waals surface area contributed by atoms with Crippen LogP contribution in [0, 0.1) is 11.3 Å². The van der Waals surface area contributed by atoms with E-state index in [9.17, 15) is 4.79 Å². The van der Waals surface area contributed by atoms with E-state index in [1.165, 1.54) is 11.8 Å². The summed E-state index contributed by atoms with van der Waals surface area (Å²) in [7, 11) is 0. The highest BCUT2D eigenvalue weighted by atomic mass is 16.1. The van der Waals surface area contributed by atoms with E-state index in [0.717, 1.165) is 24.8 Å². The highest BCUT2D eigenvalue weighted by Gasteiger charge is 2.26. The molecule has 1 aliphatic rings. The van der Waals surface area contributed by atoms with Crippen LogP contribution in [-0.4, -0.2) is 10.9 Å².